The number of carbonyl (C=O) groups is 2. The van der Waals surface area contributed by atoms with E-state index in [0.29, 0.717) is 38.0 Å². The Morgan fingerprint density at radius 2 is 1.76 bits per heavy atom. The molecule has 7 nitrogen and oxygen atoms in total. The van der Waals surface area contributed by atoms with Crippen molar-refractivity contribution < 1.29 is 22.7 Å². The standard InChI is InChI=1S/C27H23ClN2O5S2/c1-3-37(33,34)20-13-11-17(12-14-20)15-23(31)29-27-30-24(18-7-6-8-19(16-18)35-2)26(36-27)25(32)21-9-4-5-10-22(21)28/h4-14,16H,3,15H2,1-2H3,(H,29,30,31). The molecule has 0 atom stereocenters. The van der Waals surface area contributed by atoms with Crippen molar-refractivity contribution in [2.24, 2.45) is 0 Å². The molecule has 1 N–H and O–H groups in total. The van der Waals surface area contributed by atoms with Gasteiger partial charge in [-0.1, -0.05) is 66.3 Å². The lowest BCUT2D eigenvalue weighted by atomic mass is 10.0. The SMILES string of the molecule is CCS(=O)(=O)c1ccc(CC(=O)Nc2nc(-c3cccc(OC)c3)c(C(=O)c3ccccc3Cl)s2)cc1. The molecular weight excluding hydrogens is 532 g/mol. The van der Waals surface area contributed by atoms with Crippen LogP contribution in [0.25, 0.3) is 11.3 Å². The molecule has 0 aliphatic heterocycles. The van der Waals surface area contributed by atoms with E-state index in [2.05, 4.69) is 10.3 Å². The van der Waals surface area contributed by atoms with Crippen molar-refractivity contribution in [3.63, 3.8) is 0 Å². The van der Waals surface area contributed by atoms with Gasteiger partial charge in [0.2, 0.25) is 11.7 Å². The van der Waals surface area contributed by atoms with Crippen molar-refractivity contribution in [2.45, 2.75) is 18.2 Å². The maximum atomic E-state index is 13.4. The molecule has 0 saturated carbocycles. The first kappa shape index (κ1) is 26.5. The number of nitrogens with zero attached hydrogens (tertiary/aromatic N) is 1. The van der Waals surface area contributed by atoms with Crippen molar-refractivity contribution in [1.82, 2.24) is 4.98 Å². The van der Waals surface area contributed by atoms with E-state index < -0.39 is 9.84 Å². The van der Waals surface area contributed by atoms with Crippen molar-refractivity contribution in [2.75, 3.05) is 18.2 Å². The zero-order valence-corrected chi connectivity index (χ0v) is 22.4. The van der Waals surface area contributed by atoms with Gasteiger partial charge in [-0.3, -0.25) is 9.59 Å². The van der Waals surface area contributed by atoms with Gasteiger partial charge in [0.25, 0.3) is 0 Å². The summed E-state index contributed by atoms with van der Waals surface area (Å²) in [6.45, 7) is 1.58. The van der Waals surface area contributed by atoms with Gasteiger partial charge in [-0.25, -0.2) is 13.4 Å². The van der Waals surface area contributed by atoms with E-state index in [9.17, 15) is 18.0 Å². The van der Waals surface area contributed by atoms with Crippen molar-refractivity contribution in [3.8, 4) is 17.0 Å². The third kappa shape index (κ3) is 6.07. The number of sulfone groups is 1. The second-order valence-electron chi connectivity index (χ2n) is 8.01. The molecule has 4 rings (SSSR count). The molecule has 10 heteroatoms. The fraction of sp³-hybridized carbons (Fsp3) is 0.148. The van der Waals surface area contributed by atoms with E-state index in [4.69, 9.17) is 16.3 Å². The van der Waals surface area contributed by atoms with E-state index in [-0.39, 0.29) is 33.9 Å². The van der Waals surface area contributed by atoms with Gasteiger partial charge in [0, 0.05) is 11.1 Å². The smallest absolute Gasteiger partial charge is 0.230 e. The first-order valence-corrected chi connectivity index (χ1v) is 14.1. The number of ketones is 1. The van der Waals surface area contributed by atoms with Gasteiger partial charge in [-0.05, 0) is 42.0 Å². The number of methoxy groups -OCH3 is 1. The Kier molecular flexibility index (Phi) is 8.06. The first-order chi connectivity index (χ1) is 17.7. The Labute approximate surface area is 224 Å². The number of rotatable bonds is 9. The lowest BCUT2D eigenvalue weighted by Crippen LogP contribution is -2.14. The van der Waals surface area contributed by atoms with Gasteiger partial charge in [-0.15, -0.1) is 0 Å². The highest BCUT2D eigenvalue weighted by molar-refractivity contribution is 7.91. The number of hydrogen-bond donors (Lipinski definition) is 1. The minimum atomic E-state index is -3.32. The number of aromatic nitrogens is 1. The summed E-state index contributed by atoms with van der Waals surface area (Å²) in [5.74, 6) is -0.0643. The zero-order chi connectivity index (χ0) is 26.6. The molecule has 1 heterocycles. The van der Waals surface area contributed by atoms with E-state index in [0.717, 1.165) is 11.3 Å². The summed E-state index contributed by atoms with van der Waals surface area (Å²) in [6, 6.07) is 20.1. The van der Waals surface area contributed by atoms with Crippen molar-refractivity contribution in [1.29, 1.82) is 0 Å². The number of benzene rings is 3. The van der Waals surface area contributed by atoms with Gasteiger partial charge in [0.05, 0.1) is 34.9 Å². The Hall–Kier alpha value is -3.53. The second kappa shape index (κ2) is 11.2. The summed E-state index contributed by atoms with van der Waals surface area (Å²) >= 11 is 7.34. The molecule has 0 radical (unpaired) electrons. The molecular formula is C27H23ClN2O5S2. The van der Waals surface area contributed by atoms with Crippen LogP contribution in [0.3, 0.4) is 0 Å². The largest absolute Gasteiger partial charge is 0.497 e. The molecule has 0 unspecified atom stereocenters. The lowest BCUT2D eigenvalue weighted by molar-refractivity contribution is -0.115. The number of halogens is 1. The van der Waals surface area contributed by atoms with Gasteiger partial charge < -0.3 is 10.1 Å². The molecule has 3 aromatic carbocycles. The maximum absolute atomic E-state index is 13.4. The van der Waals surface area contributed by atoms with Crippen LogP contribution in [-0.4, -0.2) is 38.0 Å². The van der Waals surface area contributed by atoms with Crippen molar-refractivity contribution >= 4 is 49.6 Å². The van der Waals surface area contributed by atoms with Crippen LogP contribution in [0.15, 0.2) is 77.7 Å². The van der Waals surface area contributed by atoms with Crippen LogP contribution in [0.2, 0.25) is 5.02 Å². The van der Waals surface area contributed by atoms with Crippen LogP contribution in [0.1, 0.15) is 27.7 Å². The van der Waals surface area contributed by atoms with Gasteiger partial charge in [0.1, 0.15) is 10.6 Å². The van der Waals surface area contributed by atoms with Gasteiger partial charge in [0.15, 0.2) is 15.0 Å². The summed E-state index contributed by atoms with van der Waals surface area (Å²) in [5, 5.41) is 3.33. The molecule has 0 saturated heterocycles. The van der Waals surface area contributed by atoms with E-state index in [1.54, 1.807) is 74.7 Å². The highest BCUT2D eigenvalue weighted by atomic mass is 35.5. The third-order valence-electron chi connectivity index (χ3n) is 5.57. The van der Waals surface area contributed by atoms with E-state index in [1.807, 2.05) is 0 Å². The van der Waals surface area contributed by atoms with Crippen LogP contribution in [0, 0.1) is 0 Å². The molecule has 190 valence electrons. The fourth-order valence-corrected chi connectivity index (χ4v) is 5.65. The number of anilines is 1. The topological polar surface area (TPSA) is 102 Å². The molecule has 37 heavy (non-hydrogen) atoms. The predicted octanol–water partition coefficient (Wildman–Crippen LogP) is 5.68. The van der Waals surface area contributed by atoms with Crippen LogP contribution >= 0.6 is 22.9 Å². The Morgan fingerprint density at radius 3 is 2.43 bits per heavy atom. The van der Waals surface area contributed by atoms with Crippen molar-refractivity contribution in [3.05, 3.63) is 93.8 Å². The summed E-state index contributed by atoms with van der Waals surface area (Å²) in [5.41, 5.74) is 2.03. The van der Waals surface area contributed by atoms with Crippen LogP contribution in [0.4, 0.5) is 5.13 Å². The summed E-state index contributed by atoms with van der Waals surface area (Å²) in [7, 11) is -1.77. The average Bonchev–Trinajstić information content (AvgIpc) is 3.32. The molecule has 4 aromatic rings. The zero-order valence-electron chi connectivity index (χ0n) is 20.0. The van der Waals surface area contributed by atoms with Crippen LogP contribution in [0.5, 0.6) is 5.75 Å². The summed E-state index contributed by atoms with van der Waals surface area (Å²) < 4.78 is 29.3. The highest BCUT2D eigenvalue weighted by Crippen LogP contribution is 2.35. The number of thiazole rings is 1. The number of ether oxygens (including phenoxy) is 1. The summed E-state index contributed by atoms with van der Waals surface area (Å²) in [6.07, 6.45) is 0.00825. The monoisotopic (exact) mass is 554 g/mol. The number of hydrogen-bond acceptors (Lipinski definition) is 7. The van der Waals surface area contributed by atoms with Gasteiger partial charge >= 0.3 is 0 Å². The molecule has 0 fully saturated rings. The first-order valence-electron chi connectivity index (χ1n) is 11.3. The molecule has 0 bridgehead atoms. The Bertz CT molecular complexity index is 1560. The second-order valence-corrected chi connectivity index (χ2v) is 11.7. The number of carbonyl (C=O) groups excluding carboxylic acids is 2. The normalized spacial score (nSPS) is 11.2. The maximum Gasteiger partial charge on any atom is 0.230 e. The summed E-state index contributed by atoms with van der Waals surface area (Å²) in [4.78, 5) is 31.3. The third-order valence-corrected chi connectivity index (χ3v) is 8.62. The van der Waals surface area contributed by atoms with E-state index in [1.165, 1.54) is 12.1 Å². The molecule has 0 aliphatic rings. The predicted molar refractivity (Wildman–Crippen MR) is 145 cm³/mol. The Balaban J connectivity index is 1.63. The fourth-order valence-electron chi connectivity index (χ4n) is 3.59. The molecule has 1 amide bonds. The van der Waals surface area contributed by atoms with E-state index >= 15 is 0 Å². The molecule has 0 spiro atoms. The van der Waals surface area contributed by atoms with Gasteiger partial charge in [-0.2, -0.15) is 0 Å². The molecule has 0 aliphatic carbocycles. The number of nitrogens with one attached hydrogen (secondary N) is 1. The lowest BCUT2D eigenvalue weighted by Gasteiger charge is -2.05. The minimum absolute atomic E-state index is 0.00174. The van der Waals surface area contributed by atoms with Crippen LogP contribution in [-0.2, 0) is 21.1 Å². The quantitative estimate of drug-likeness (QED) is 0.267. The Morgan fingerprint density at radius 1 is 1.03 bits per heavy atom. The minimum Gasteiger partial charge on any atom is -0.497 e. The van der Waals surface area contributed by atoms with Crippen LogP contribution < -0.4 is 10.1 Å². The number of amides is 1. The average molecular weight is 555 g/mol. The highest BCUT2D eigenvalue weighted by Gasteiger charge is 2.23. The molecule has 1 aromatic heterocycles.